The Labute approximate surface area is 90.3 Å². The second-order valence-electron chi connectivity index (χ2n) is 3.00. The largest absolute Gasteiger partial charge is 0.397 e. The Bertz CT molecular complexity index is 495. The molecule has 0 radical (unpaired) electrons. The van der Waals surface area contributed by atoms with E-state index in [-0.39, 0.29) is 22.1 Å². The Morgan fingerprint density at radius 1 is 1.33 bits per heavy atom. The highest BCUT2D eigenvalue weighted by atomic mass is 35.5. The maximum Gasteiger partial charge on any atom is 0.170 e. The summed E-state index contributed by atoms with van der Waals surface area (Å²) in [6.07, 6.45) is 4.52. The van der Waals surface area contributed by atoms with Gasteiger partial charge >= 0.3 is 0 Å². The van der Waals surface area contributed by atoms with Crippen molar-refractivity contribution in [3.8, 4) is 5.69 Å². The highest BCUT2D eigenvalue weighted by Gasteiger charge is 2.15. The van der Waals surface area contributed by atoms with Gasteiger partial charge in [-0.25, -0.2) is 9.37 Å². The normalized spacial score (nSPS) is 10.5. The van der Waals surface area contributed by atoms with Gasteiger partial charge in [-0.3, -0.25) is 0 Å². The second-order valence-corrected chi connectivity index (χ2v) is 3.38. The van der Waals surface area contributed by atoms with Crippen molar-refractivity contribution in [2.45, 2.75) is 0 Å². The molecule has 0 aliphatic carbocycles. The van der Waals surface area contributed by atoms with Crippen molar-refractivity contribution in [1.29, 1.82) is 0 Å². The van der Waals surface area contributed by atoms with Crippen LogP contribution in [0.25, 0.3) is 5.69 Å². The molecule has 0 amide bonds. The van der Waals surface area contributed by atoms with E-state index in [0.29, 0.717) is 0 Å². The lowest BCUT2D eigenvalue weighted by molar-refractivity contribution is 0.620. The Morgan fingerprint density at radius 3 is 2.67 bits per heavy atom. The fourth-order valence-electron chi connectivity index (χ4n) is 1.31. The molecule has 4 nitrogen and oxygen atoms in total. The lowest BCUT2D eigenvalue weighted by Crippen LogP contribution is -2.04. The standard InChI is InChI=1S/C9H8ClFN4/c10-7-5(12)3-6(13)9(8(7)11)15-2-1-14-4-15/h1-4H,12-13H2. The molecule has 0 fully saturated rings. The van der Waals surface area contributed by atoms with Crippen LogP contribution in [0.3, 0.4) is 0 Å². The van der Waals surface area contributed by atoms with E-state index in [0.717, 1.165) is 0 Å². The summed E-state index contributed by atoms with van der Waals surface area (Å²) in [7, 11) is 0. The highest BCUT2D eigenvalue weighted by Crippen LogP contribution is 2.32. The lowest BCUT2D eigenvalue weighted by Gasteiger charge is -2.10. The van der Waals surface area contributed by atoms with Crippen molar-refractivity contribution in [1.82, 2.24) is 9.55 Å². The van der Waals surface area contributed by atoms with Gasteiger partial charge in [0, 0.05) is 12.4 Å². The zero-order valence-electron chi connectivity index (χ0n) is 7.61. The molecule has 1 aromatic heterocycles. The number of halogens is 2. The number of nitrogen functional groups attached to an aromatic ring is 2. The van der Waals surface area contributed by atoms with Crippen molar-refractivity contribution < 1.29 is 4.39 Å². The molecule has 0 bridgehead atoms. The quantitative estimate of drug-likeness (QED) is 0.729. The zero-order valence-corrected chi connectivity index (χ0v) is 8.37. The maximum atomic E-state index is 13.7. The van der Waals surface area contributed by atoms with Crippen LogP contribution in [-0.4, -0.2) is 9.55 Å². The van der Waals surface area contributed by atoms with Gasteiger partial charge in [-0.2, -0.15) is 0 Å². The van der Waals surface area contributed by atoms with E-state index in [1.54, 1.807) is 6.20 Å². The van der Waals surface area contributed by atoms with E-state index < -0.39 is 5.82 Å². The summed E-state index contributed by atoms with van der Waals surface area (Å²) in [6.45, 7) is 0. The second kappa shape index (κ2) is 3.43. The summed E-state index contributed by atoms with van der Waals surface area (Å²) in [5.41, 5.74) is 11.6. The third-order valence-electron chi connectivity index (χ3n) is 2.00. The third kappa shape index (κ3) is 1.50. The van der Waals surface area contributed by atoms with E-state index in [2.05, 4.69) is 4.98 Å². The smallest absolute Gasteiger partial charge is 0.170 e. The van der Waals surface area contributed by atoms with E-state index in [9.17, 15) is 4.39 Å². The minimum atomic E-state index is -0.646. The Hall–Kier alpha value is -1.75. The van der Waals surface area contributed by atoms with Crippen molar-refractivity contribution in [2.75, 3.05) is 11.5 Å². The summed E-state index contributed by atoms with van der Waals surface area (Å²) in [6, 6.07) is 1.42. The lowest BCUT2D eigenvalue weighted by atomic mass is 10.2. The summed E-state index contributed by atoms with van der Waals surface area (Å²) < 4.78 is 15.2. The molecular formula is C9H8ClFN4. The molecule has 78 valence electrons. The molecule has 0 saturated heterocycles. The first-order valence-corrected chi connectivity index (χ1v) is 4.50. The predicted molar refractivity (Wildman–Crippen MR) is 57.4 cm³/mol. The fraction of sp³-hybridized carbons (Fsp3) is 0. The van der Waals surface area contributed by atoms with Gasteiger partial charge in [-0.1, -0.05) is 11.6 Å². The molecule has 0 spiro atoms. The van der Waals surface area contributed by atoms with Crippen LogP contribution in [0.5, 0.6) is 0 Å². The van der Waals surface area contributed by atoms with Gasteiger partial charge in [0.25, 0.3) is 0 Å². The summed E-state index contributed by atoms with van der Waals surface area (Å²) >= 11 is 5.68. The van der Waals surface area contributed by atoms with Crippen LogP contribution in [0, 0.1) is 5.82 Å². The molecule has 0 aliphatic heterocycles. The summed E-state index contributed by atoms with van der Waals surface area (Å²) in [5.74, 6) is -0.646. The predicted octanol–water partition coefficient (Wildman–Crippen LogP) is 1.83. The molecule has 4 N–H and O–H groups in total. The topological polar surface area (TPSA) is 69.9 Å². The van der Waals surface area contributed by atoms with Crippen molar-refractivity contribution in [3.63, 3.8) is 0 Å². The Morgan fingerprint density at radius 2 is 2.07 bits per heavy atom. The SMILES string of the molecule is Nc1cc(N)c(-n2ccnc2)c(F)c1Cl. The van der Waals surface area contributed by atoms with Gasteiger partial charge in [0.15, 0.2) is 5.82 Å². The molecule has 6 heteroatoms. The molecule has 2 aromatic rings. The van der Waals surface area contributed by atoms with Crippen LogP contribution >= 0.6 is 11.6 Å². The van der Waals surface area contributed by atoms with Crippen LogP contribution < -0.4 is 11.5 Å². The first kappa shape index (κ1) is 9.79. The number of nitrogens with zero attached hydrogens (tertiary/aromatic N) is 2. The van der Waals surface area contributed by atoms with Crippen LogP contribution in [-0.2, 0) is 0 Å². The highest BCUT2D eigenvalue weighted by molar-refractivity contribution is 6.33. The van der Waals surface area contributed by atoms with Crippen LogP contribution in [0.1, 0.15) is 0 Å². The Balaban J connectivity index is 2.72. The number of anilines is 2. The number of benzene rings is 1. The van der Waals surface area contributed by atoms with Gasteiger partial charge in [0.05, 0.1) is 17.7 Å². The van der Waals surface area contributed by atoms with Crippen molar-refractivity contribution in [2.24, 2.45) is 0 Å². The zero-order chi connectivity index (χ0) is 11.0. The minimum absolute atomic E-state index is 0.121. The summed E-state index contributed by atoms with van der Waals surface area (Å²) in [5, 5.41) is -0.132. The van der Waals surface area contributed by atoms with E-state index in [1.165, 1.54) is 23.2 Å². The van der Waals surface area contributed by atoms with Gasteiger partial charge in [0.1, 0.15) is 10.7 Å². The van der Waals surface area contributed by atoms with E-state index >= 15 is 0 Å². The number of hydrogen-bond donors (Lipinski definition) is 2. The summed E-state index contributed by atoms with van der Waals surface area (Å²) in [4.78, 5) is 3.80. The minimum Gasteiger partial charge on any atom is -0.397 e. The Kier molecular flexibility index (Phi) is 2.24. The third-order valence-corrected chi connectivity index (χ3v) is 2.39. The molecule has 15 heavy (non-hydrogen) atoms. The molecule has 0 atom stereocenters. The maximum absolute atomic E-state index is 13.7. The van der Waals surface area contributed by atoms with Gasteiger partial charge in [-0.15, -0.1) is 0 Å². The number of rotatable bonds is 1. The van der Waals surface area contributed by atoms with Gasteiger partial charge in [-0.05, 0) is 6.07 Å². The molecule has 0 unspecified atom stereocenters. The molecule has 1 heterocycles. The van der Waals surface area contributed by atoms with Crippen LogP contribution in [0.2, 0.25) is 5.02 Å². The molecule has 0 aliphatic rings. The number of nitrogens with two attached hydrogens (primary N) is 2. The van der Waals surface area contributed by atoms with Crippen molar-refractivity contribution >= 4 is 23.0 Å². The average molecular weight is 227 g/mol. The number of aromatic nitrogens is 2. The van der Waals surface area contributed by atoms with Crippen molar-refractivity contribution in [3.05, 3.63) is 35.6 Å². The first-order chi connectivity index (χ1) is 7.11. The van der Waals surface area contributed by atoms with E-state index in [1.807, 2.05) is 0 Å². The average Bonchev–Trinajstić information content (AvgIpc) is 2.68. The van der Waals surface area contributed by atoms with Crippen LogP contribution in [0.15, 0.2) is 24.8 Å². The van der Waals surface area contributed by atoms with E-state index in [4.69, 9.17) is 23.1 Å². The molecule has 2 rings (SSSR count). The molecular weight excluding hydrogens is 219 g/mol. The van der Waals surface area contributed by atoms with Gasteiger partial charge < -0.3 is 16.0 Å². The number of imidazole rings is 1. The van der Waals surface area contributed by atoms with Crippen LogP contribution in [0.4, 0.5) is 15.8 Å². The fourth-order valence-corrected chi connectivity index (χ4v) is 1.45. The van der Waals surface area contributed by atoms with Gasteiger partial charge in [0.2, 0.25) is 0 Å². The molecule has 0 saturated carbocycles. The molecule has 1 aromatic carbocycles. The first-order valence-electron chi connectivity index (χ1n) is 4.12. The number of hydrogen-bond acceptors (Lipinski definition) is 3. The monoisotopic (exact) mass is 226 g/mol.